The summed E-state index contributed by atoms with van der Waals surface area (Å²) in [4.78, 5) is 3.70. The largest absolute Gasteiger partial charge is 0.497 e. The molecule has 9 heteroatoms. The fourth-order valence-corrected chi connectivity index (χ4v) is 2.75. The molecule has 0 amide bonds. The van der Waals surface area contributed by atoms with E-state index in [0.29, 0.717) is 16.8 Å². The molecule has 0 aliphatic carbocycles. The topological polar surface area (TPSA) is 66.0 Å². The van der Waals surface area contributed by atoms with Crippen LogP contribution in [0, 0.1) is 0 Å². The Hall–Kier alpha value is -3.36. The van der Waals surface area contributed by atoms with Crippen LogP contribution < -0.4 is 4.74 Å². The molecular weight excluding hydrogens is 361 g/mol. The lowest BCUT2D eigenvalue weighted by atomic mass is 10.2. The number of fused-ring (bicyclic) bond motifs is 1. The first kappa shape index (κ1) is 17.1. The monoisotopic (exact) mass is 374 g/mol. The molecule has 0 spiro atoms. The van der Waals surface area contributed by atoms with E-state index < -0.39 is 12.0 Å². The van der Waals surface area contributed by atoms with Crippen LogP contribution in [-0.2, 0) is 12.7 Å². The number of nitrogens with zero attached hydrogens (tertiary/aromatic N) is 4. The summed E-state index contributed by atoms with van der Waals surface area (Å²) in [6, 6.07) is 13.3. The van der Waals surface area contributed by atoms with Crippen LogP contribution in [0.3, 0.4) is 0 Å². The zero-order chi connectivity index (χ0) is 19.0. The fraction of sp³-hybridized carbons (Fsp3) is 0.167. The fourth-order valence-electron chi connectivity index (χ4n) is 2.75. The third kappa shape index (κ3) is 3.23. The standard InChI is InChI=1S/C18H13F3N4O2/c1-26-12-8-6-11(7-9-12)16-24-23-15(27-16)10-25-14-5-3-2-4-13(14)22-17(25)18(19,20)21/h2-9H,10H2,1H3. The Morgan fingerprint density at radius 3 is 2.48 bits per heavy atom. The molecule has 2 heterocycles. The molecule has 0 atom stereocenters. The van der Waals surface area contributed by atoms with Crippen molar-refractivity contribution < 1.29 is 22.3 Å². The quantitative estimate of drug-likeness (QED) is 0.537. The second-order valence-corrected chi connectivity index (χ2v) is 5.74. The smallest absolute Gasteiger partial charge is 0.449 e. The van der Waals surface area contributed by atoms with Crippen molar-refractivity contribution in [2.75, 3.05) is 7.11 Å². The third-order valence-electron chi connectivity index (χ3n) is 4.01. The van der Waals surface area contributed by atoms with Gasteiger partial charge in [0.15, 0.2) is 0 Å². The first-order valence-corrected chi connectivity index (χ1v) is 7.95. The van der Waals surface area contributed by atoms with E-state index >= 15 is 0 Å². The highest BCUT2D eigenvalue weighted by molar-refractivity contribution is 5.76. The van der Waals surface area contributed by atoms with Gasteiger partial charge in [-0.15, -0.1) is 10.2 Å². The van der Waals surface area contributed by atoms with Crippen LogP contribution in [0.15, 0.2) is 52.9 Å². The van der Waals surface area contributed by atoms with E-state index in [1.807, 2.05) is 0 Å². The first-order chi connectivity index (χ1) is 13.0. The van der Waals surface area contributed by atoms with E-state index in [-0.39, 0.29) is 23.8 Å². The van der Waals surface area contributed by atoms with Gasteiger partial charge in [-0.2, -0.15) is 13.2 Å². The molecule has 0 aliphatic rings. The minimum Gasteiger partial charge on any atom is -0.497 e. The number of alkyl halides is 3. The lowest BCUT2D eigenvalue weighted by Gasteiger charge is -2.09. The number of ether oxygens (including phenoxy) is 1. The molecule has 0 saturated carbocycles. The molecule has 0 unspecified atom stereocenters. The highest BCUT2D eigenvalue weighted by atomic mass is 19.4. The van der Waals surface area contributed by atoms with Gasteiger partial charge in [0.1, 0.15) is 12.3 Å². The maximum atomic E-state index is 13.4. The Morgan fingerprint density at radius 2 is 1.78 bits per heavy atom. The highest BCUT2D eigenvalue weighted by Crippen LogP contribution is 2.32. The summed E-state index contributed by atoms with van der Waals surface area (Å²) >= 11 is 0. The zero-order valence-corrected chi connectivity index (χ0v) is 14.1. The minimum atomic E-state index is -4.60. The van der Waals surface area contributed by atoms with Gasteiger partial charge >= 0.3 is 6.18 Å². The molecule has 0 aliphatic heterocycles. The van der Waals surface area contributed by atoms with Crippen molar-refractivity contribution >= 4 is 11.0 Å². The van der Waals surface area contributed by atoms with Gasteiger partial charge in [0.2, 0.25) is 17.6 Å². The Morgan fingerprint density at radius 1 is 1.04 bits per heavy atom. The van der Waals surface area contributed by atoms with Crippen molar-refractivity contribution in [2.24, 2.45) is 0 Å². The van der Waals surface area contributed by atoms with Gasteiger partial charge in [0.25, 0.3) is 0 Å². The molecule has 0 saturated heterocycles. The Kier molecular flexibility index (Phi) is 4.06. The minimum absolute atomic E-state index is 0.0504. The molecule has 0 fully saturated rings. The molecule has 4 aromatic rings. The number of hydrogen-bond donors (Lipinski definition) is 0. The summed E-state index contributed by atoms with van der Waals surface area (Å²) in [6.07, 6.45) is -4.60. The molecule has 138 valence electrons. The molecule has 0 radical (unpaired) electrons. The van der Waals surface area contributed by atoms with Gasteiger partial charge < -0.3 is 13.7 Å². The molecule has 4 rings (SSSR count). The van der Waals surface area contributed by atoms with E-state index in [1.165, 1.54) is 6.07 Å². The van der Waals surface area contributed by atoms with Crippen molar-refractivity contribution in [3.05, 3.63) is 60.2 Å². The molecular formula is C18H13F3N4O2. The summed E-state index contributed by atoms with van der Waals surface area (Å²) in [5.41, 5.74) is 1.23. The number of benzene rings is 2. The molecule has 27 heavy (non-hydrogen) atoms. The summed E-state index contributed by atoms with van der Waals surface area (Å²) in [6.45, 7) is -0.238. The SMILES string of the molecule is COc1ccc(-c2nnc(Cn3c(C(F)(F)F)nc4ccccc43)o2)cc1. The lowest BCUT2D eigenvalue weighted by molar-refractivity contribution is -0.146. The van der Waals surface area contributed by atoms with Crippen LogP contribution in [0.4, 0.5) is 13.2 Å². The Labute approximate surface area is 151 Å². The number of hydrogen-bond acceptors (Lipinski definition) is 5. The normalized spacial score (nSPS) is 11.9. The van der Waals surface area contributed by atoms with Gasteiger partial charge in [-0.05, 0) is 36.4 Å². The van der Waals surface area contributed by atoms with Crippen LogP contribution in [0.1, 0.15) is 11.7 Å². The summed E-state index contributed by atoms with van der Waals surface area (Å²) < 4.78 is 51.8. The maximum Gasteiger partial charge on any atom is 0.449 e. The molecule has 6 nitrogen and oxygen atoms in total. The second-order valence-electron chi connectivity index (χ2n) is 5.74. The van der Waals surface area contributed by atoms with Crippen LogP contribution in [0.2, 0.25) is 0 Å². The number of aromatic nitrogens is 4. The van der Waals surface area contributed by atoms with Gasteiger partial charge in [-0.1, -0.05) is 12.1 Å². The van der Waals surface area contributed by atoms with Crippen molar-refractivity contribution in [2.45, 2.75) is 12.7 Å². The molecule has 2 aromatic heterocycles. The second kappa shape index (κ2) is 6.42. The lowest BCUT2D eigenvalue weighted by Crippen LogP contribution is -2.15. The van der Waals surface area contributed by atoms with Crippen LogP contribution in [-0.4, -0.2) is 26.9 Å². The maximum absolute atomic E-state index is 13.4. The van der Waals surface area contributed by atoms with Crippen LogP contribution in [0.25, 0.3) is 22.5 Å². The van der Waals surface area contributed by atoms with Crippen molar-refractivity contribution in [3.8, 4) is 17.2 Å². The van der Waals surface area contributed by atoms with Crippen LogP contribution in [0.5, 0.6) is 5.75 Å². The van der Waals surface area contributed by atoms with Gasteiger partial charge in [0, 0.05) is 5.56 Å². The van der Waals surface area contributed by atoms with Gasteiger partial charge in [0.05, 0.1) is 18.1 Å². The van der Waals surface area contributed by atoms with E-state index in [4.69, 9.17) is 9.15 Å². The first-order valence-electron chi connectivity index (χ1n) is 7.95. The number of halogens is 3. The Balaban J connectivity index is 1.69. The van der Waals surface area contributed by atoms with Crippen molar-refractivity contribution in [1.29, 1.82) is 0 Å². The van der Waals surface area contributed by atoms with E-state index in [0.717, 1.165) is 4.57 Å². The predicted molar refractivity (Wildman–Crippen MR) is 90.1 cm³/mol. The number of imidazole rings is 1. The molecule has 0 N–H and O–H groups in total. The summed E-state index contributed by atoms with van der Waals surface area (Å²) in [5, 5.41) is 7.80. The van der Waals surface area contributed by atoms with Crippen molar-refractivity contribution in [3.63, 3.8) is 0 Å². The summed E-state index contributed by atoms with van der Waals surface area (Å²) in [5.74, 6) is -0.0776. The highest BCUT2D eigenvalue weighted by Gasteiger charge is 2.37. The molecule has 2 aromatic carbocycles. The summed E-state index contributed by atoms with van der Waals surface area (Å²) in [7, 11) is 1.55. The van der Waals surface area contributed by atoms with Crippen molar-refractivity contribution in [1.82, 2.24) is 19.7 Å². The average Bonchev–Trinajstić information content (AvgIpc) is 3.27. The van der Waals surface area contributed by atoms with E-state index in [1.54, 1.807) is 49.6 Å². The van der Waals surface area contributed by atoms with Crippen LogP contribution >= 0.6 is 0 Å². The van der Waals surface area contributed by atoms with Gasteiger partial charge in [-0.25, -0.2) is 4.98 Å². The number of methoxy groups -OCH3 is 1. The average molecular weight is 374 g/mol. The Bertz CT molecular complexity index is 1080. The van der Waals surface area contributed by atoms with Gasteiger partial charge in [-0.3, -0.25) is 0 Å². The number of para-hydroxylation sites is 2. The van der Waals surface area contributed by atoms with E-state index in [9.17, 15) is 13.2 Å². The number of rotatable bonds is 4. The third-order valence-corrected chi connectivity index (χ3v) is 4.01. The molecule has 0 bridgehead atoms. The predicted octanol–water partition coefficient (Wildman–Crippen LogP) is 4.16. The zero-order valence-electron chi connectivity index (χ0n) is 14.1. The van der Waals surface area contributed by atoms with E-state index in [2.05, 4.69) is 15.2 Å².